The first-order valence-corrected chi connectivity index (χ1v) is 5.74. The zero-order chi connectivity index (χ0) is 9.35. The third-order valence-electron chi connectivity index (χ3n) is 2.18. The summed E-state index contributed by atoms with van der Waals surface area (Å²) in [5.41, 5.74) is 0. The highest BCUT2D eigenvalue weighted by atomic mass is 32.2. The van der Waals surface area contributed by atoms with Crippen molar-refractivity contribution in [3.63, 3.8) is 0 Å². The molecule has 3 heteroatoms. The first-order chi connectivity index (χ1) is 5.41. The van der Waals surface area contributed by atoms with E-state index in [1.807, 2.05) is 20.8 Å². The van der Waals surface area contributed by atoms with Gasteiger partial charge in [-0.1, -0.05) is 0 Å². The summed E-state index contributed by atoms with van der Waals surface area (Å²) in [6.45, 7) is 8.11. The lowest BCUT2D eigenvalue weighted by Crippen LogP contribution is -2.44. The minimum absolute atomic E-state index is 0.136. The fourth-order valence-electron chi connectivity index (χ4n) is 1.04. The molecular weight excluding hydrogens is 170 g/mol. The molecule has 1 rings (SSSR count). The number of nitrogens with one attached hydrogen (secondary N) is 1. The monoisotopic (exact) mass is 189 g/mol. The molecule has 0 aromatic carbocycles. The number of hydrogen-bond acceptors (Lipinski definition) is 2. The predicted octanol–water partition coefficient (Wildman–Crippen LogP) is 1.84. The minimum atomic E-state index is -0.898. The van der Waals surface area contributed by atoms with E-state index in [0.29, 0.717) is 6.04 Å². The van der Waals surface area contributed by atoms with Gasteiger partial charge < -0.3 is 4.55 Å². The van der Waals surface area contributed by atoms with Crippen molar-refractivity contribution < 1.29 is 4.55 Å². The van der Waals surface area contributed by atoms with Gasteiger partial charge in [0, 0.05) is 11.4 Å². The summed E-state index contributed by atoms with van der Waals surface area (Å²) in [6, 6.07) is 0.421. The van der Waals surface area contributed by atoms with Crippen LogP contribution in [0.3, 0.4) is 0 Å². The third kappa shape index (κ3) is 2.96. The van der Waals surface area contributed by atoms with Crippen LogP contribution in [-0.4, -0.2) is 15.3 Å². The molecule has 0 saturated heterocycles. The van der Waals surface area contributed by atoms with Gasteiger partial charge in [0.25, 0.3) is 0 Å². The van der Waals surface area contributed by atoms with Gasteiger partial charge >= 0.3 is 0 Å². The van der Waals surface area contributed by atoms with Gasteiger partial charge in [0.1, 0.15) is 4.75 Å². The van der Waals surface area contributed by atoms with Crippen molar-refractivity contribution in [2.24, 2.45) is 5.92 Å². The Morgan fingerprint density at radius 1 is 1.42 bits per heavy atom. The molecule has 1 saturated carbocycles. The van der Waals surface area contributed by atoms with Gasteiger partial charge in [-0.05, 0) is 46.5 Å². The van der Waals surface area contributed by atoms with Gasteiger partial charge in [-0.15, -0.1) is 4.72 Å². The Bertz CT molecular complexity index is 151. The number of rotatable bonds is 3. The maximum Gasteiger partial charge on any atom is 0.136 e. The highest BCUT2D eigenvalue weighted by Gasteiger charge is 2.34. The Labute approximate surface area is 78.4 Å². The predicted molar refractivity (Wildman–Crippen MR) is 53.2 cm³/mol. The molecule has 0 aliphatic heterocycles. The van der Waals surface area contributed by atoms with Crippen molar-refractivity contribution in [3.8, 4) is 0 Å². The van der Waals surface area contributed by atoms with E-state index in [0.717, 1.165) is 5.92 Å². The molecule has 0 aromatic rings. The Morgan fingerprint density at radius 2 is 1.92 bits per heavy atom. The van der Waals surface area contributed by atoms with Crippen LogP contribution in [0.2, 0.25) is 0 Å². The molecule has 1 fully saturated rings. The van der Waals surface area contributed by atoms with Crippen LogP contribution >= 0.6 is 0 Å². The largest absolute Gasteiger partial charge is 0.598 e. The zero-order valence-electron chi connectivity index (χ0n) is 8.39. The van der Waals surface area contributed by atoms with Crippen molar-refractivity contribution >= 4 is 11.4 Å². The molecule has 0 heterocycles. The summed E-state index contributed by atoms with van der Waals surface area (Å²) in [5, 5.41) is 0. The van der Waals surface area contributed by atoms with Gasteiger partial charge in [0.15, 0.2) is 0 Å². The van der Waals surface area contributed by atoms with Crippen molar-refractivity contribution in [1.29, 1.82) is 0 Å². The second kappa shape index (κ2) is 3.56. The molecule has 2 atom stereocenters. The lowest BCUT2D eigenvalue weighted by Gasteiger charge is -2.26. The molecule has 0 spiro atoms. The van der Waals surface area contributed by atoms with Crippen LogP contribution in [-0.2, 0) is 11.4 Å². The Balaban J connectivity index is 2.29. The summed E-state index contributed by atoms with van der Waals surface area (Å²) in [5.74, 6) is 0.774. The summed E-state index contributed by atoms with van der Waals surface area (Å²) in [4.78, 5) is 0. The summed E-state index contributed by atoms with van der Waals surface area (Å²) >= 11 is -0.898. The molecule has 1 aliphatic rings. The molecule has 12 heavy (non-hydrogen) atoms. The van der Waals surface area contributed by atoms with Crippen molar-refractivity contribution in [3.05, 3.63) is 0 Å². The van der Waals surface area contributed by atoms with E-state index in [4.69, 9.17) is 0 Å². The summed E-state index contributed by atoms with van der Waals surface area (Å²) in [6.07, 6.45) is 2.60. The van der Waals surface area contributed by atoms with Crippen LogP contribution in [0.25, 0.3) is 0 Å². The topological polar surface area (TPSA) is 35.1 Å². The fraction of sp³-hybridized carbons (Fsp3) is 1.00. The molecule has 1 N–H and O–H groups in total. The lowest BCUT2D eigenvalue weighted by atomic mass is 10.2. The maximum atomic E-state index is 11.6. The lowest BCUT2D eigenvalue weighted by molar-refractivity contribution is 0.510. The van der Waals surface area contributed by atoms with E-state index in [1.54, 1.807) is 0 Å². The second-order valence-corrected chi connectivity index (χ2v) is 6.62. The van der Waals surface area contributed by atoms with Crippen molar-refractivity contribution in [1.82, 2.24) is 4.72 Å². The van der Waals surface area contributed by atoms with Gasteiger partial charge in [0.2, 0.25) is 0 Å². The molecule has 72 valence electrons. The van der Waals surface area contributed by atoms with E-state index >= 15 is 0 Å². The van der Waals surface area contributed by atoms with Crippen LogP contribution in [0, 0.1) is 5.92 Å². The van der Waals surface area contributed by atoms with Crippen molar-refractivity contribution in [2.45, 2.75) is 51.3 Å². The van der Waals surface area contributed by atoms with Crippen LogP contribution in [0.15, 0.2) is 0 Å². The number of hydrogen-bond donors (Lipinski definition) is 1. The van der Waals surface area contributed by atoms with Crippen LogP contribution in [0.4, 0.5) is 0 Å². The molecule has 0 amide bonds. The maximum absolute atomic E-state index is 11.6. The van der Waals surface area contributed by atoms with Gasteiger partial charge in [-0.2, -0.15) is 0 Å². The summed E-state index contributed by atoms with van der Waals surface area (Å²) < 4.78 is 14.6. The molecule has 0 radical (unpaired) electrons. The molecule has 0 bridgehead atoms. The van der Waals surface area contributed by atoms with E-state index < -0.39 is 11.4 Å². The second-order valence-electron chi connectivity index (χ2n) is 4.63. The van der Waals surface area contributed by atoms with E-state index in [2.05, 4.69) is 11.6 Å². The van der Waals surface area contributed by atoms with Gasteiger partial charge in [-0.3, -0.25) is 0 Å². The van der Waals surface area contributed by atoms with Gasteiger partial charge in [0.05, 0.1) is 6.04 Å². The Kier molecular flexibility index (Phi) is 3.07. The molecule has 1 aliphatic carbocycles. The molecule has 1 unspecified atom stereocenters. The smallest absolute Gasteiger partial charge is 0.136 e. The van der Waals surface area contributed by atoms with Crippen LogP contribution in [0.1, 0.15) is 40.5 Å². The summed E-state index contributed by atoms with van der Waals surface area (Å²) in [7, 11) is 0. The van der Waals surface area contributed by atoms with Crippen molar-refractivity contribution in [2.75, 3.05) is 0 Å². The fourth-order valence-corrected chi connectivity index (χ4v) is 1.92. The normalized spacial score (nSPS) is 23.8. The Hall–Kier alpha value is 0.270. The Morgan fingerprint density at radius 3 is 2.25 bits per heavy atom. The van der Waals surface area contributed by atoms with Crippen LogP contribution < -0.4 is 4.72 Å². The standard InChI is InChI=1S/C9H19NOS/c1-7(8-5-6-8)10-12(11)9(2,3)4/h7-8,10H,5-6H2,1-4H3/t7-,12?/m0/s1. The van der Waals surface area contributed by atoms with E-state index in [9.17, 15) is 4.55 Å². The van der Waals surface area contributed by atoms with E-state index in [-0.39, 0.29) is 4.75 Å². The first kappa shape index (κ1) is 10.4. The SMILES string of the molecule is C[C@H](N[S+]([O-])C(C)(C)C)C1CC1. The highest BCUT2D eigenvalue weighted by molar-refractivity contribution is 7.90. The molecule has 2 nitrogen and oxygen atoms in total. The van der Waals surface area contributed by atoms with Crippen LogP contribution in [0.5, 0.6) is 0 Å². The molecule has 0 aromatic heterocycles. The highest BCUT2D eigenvalue weighted by Crippen LogP contribution is 2.33. The zero-order valence-corrected chi connectivity index (χ0v) is 9.20. The average Bonchev–Trinajstić information content (AvgIpc) is 2.65. The average molecular weight is 189 g/mol. The van der Waals surface area contributed by atoms with Gasteiger partial charge in [-0.25, -0.2) is 0 Å². The quantitative estimate of drug-likeness (QED) is 0.687. The van der Waals surface area contributed by atoms with E-state index in [1.165, 1.54) is 12.8 Å². The third-order valence-corrected chi connectivity index (χ3v) is 3.88. The minimum Gasteiger partial charge on any atom is -0.598 e. The molecular formula is C9H19NOS. The first-order valence-electron chi connectivity index (χ1n) is 4.59.